The van der Waals surface area contributed by atoms with Crippen LogP contribution in [0.3, 0.4) is 0 Å². The quantitative estimate of drug-likeness (QED) is 0.432. The minimum atomic E-state index is -0.469. The van der Waals surface area contributed by atoms with E-state index in [1.165, 1.54) is 15.6 Å². The summed E-state index contributed by atoms with van der Waals surface area (Å²) in [5.41, 5.74) is 0.970. The van der Waals surface area contributed by atoms with Gasteiger partial charge in [-0.15, -0.1) is 10.2 Å². The predicted molar refractivity (Wildman–Crippen MR) is 81.3 cm³/mol. The van der Waals surface area contributed by atoms with Crippen LogP contribution in [0, 0.1) is 24.0 Å². The van der Waals surface area contributed by atoms with Crippen molar-refractivity contribution < 1.29 is 9.34 Å². The lowest BCUT2D eigenvalue weighted by Crippen LogP contribution is -2.12. The van der Waals surface area contributed by atoms with Crippen molar-refractivity contribution in [1.82, 2.24) is 24.7 Å². The third-order valence-electron chi connectivity index (χ3n) is 3.27. The molecule has 0 radical (unpaired) electrons. The molecule has 3 rings (SSSR count). The van der Waals surface area contributed by atoms with Gasteiger partial charge >= 0.3 is 5.69 Å². The zero-order chi connectivity index (χ0) is 16.7. The van der Waals surface area contributed by atoms with E-state index < -0.39 is 4.92 Å². The molecule has 0 fully saturated rings. The van der Waals surface area contributed by atoms with Gasteiger partial charge in [0, 0.05) is 7.05 Å². The first-order valence-electron chi connectivity index (χ1n) is 6.51. The molecule has 0 unspecified atom stereocenters. The van der Waals surface area contributed by atoms with Crippen molar-refractivity contribution in [1.29, 1.82) is 0 Å². The second-order valence-corrected chi connectivity index (χ2v) is 5.74. The minimum Gasteiger partial charge on any atom is -0.469 e. The summed E-state index contributed by atoms with van der Waals surface area (Å²) in [7, 11) is 1.63. The normalized spacial score (nSPS) is 11.1. The fraction of sp³-hybridized carbons (Fsp3) is 0.250. The van der Waals surface area contributed by atoms with Crippen molar-refractivity contribution in [2.75, 3.05) is 5.84 Å². The van der Waals surface area contributed by atoms with Gasteiger partial charge in [0.25, 0.3) is 0 Å². The van der Waals surface area contributed by atoms with Crippen molar-refractivity contribution in [2.24, 2.45) is 7.05 Å². The number of nitro groups is 1. The molecule has 10 nitrogen and oxygen atoms in total. The minimum absolute atomic E-state index is 0.0680. The van der Waals surface area contributed by atoms with Crippen molar-refractivity contribution in [3.63, 3.8) is 0 Å². The zero-order valence-corrected chi connectivity index (χ0v) is 13.4. The van der Waals surface area contributed by atoms with Crippen molar-refractivity contribution >= 4 is 17.4 Å². The van der Waals surface area contributed by atoms with Crippen LogP contribution in [0.2, 0.25) is 0 Å². The summed E-state index contributed by atoms with van der Waals surface area (Å²) in [5.74, 6) is 7.10. The largest absolute Gasteiger partial charge is 0.469 e. The van der Waals surface area contributed by atoms with Gasteiger partial charge in [0.05, 0.1) is 16.7 Å². The Morgan fingerprint density at radius 1 is 1.39 bits per heavy atom. The second-order valence-electron chi connectivity index (χ2n) is 4.79. The Morgan fingerprint density at radius 3 is 2.74 bits per heavy atom. The van der Waals surface area contributed by atoms with Crippen LogP contribution >= 0.6 is 11.8 Å². The van der Waals surface area contributed by atoms with Gasteiger partial charge in [-0.2, -0.15) is 5.10 Å². The molecule has 0 aromatic carbocycles. The molecule has 2 N–H and O–H groups in total. The second kappa shape index (κ2) is 5.43. The monoisotopic (exact) mass is 335 g/mol. The van der Waals surface area contributed by atoms with Crippen LogP contribution in [0.25, 0.3) is 11.4 Å². The molecule has 0 aliphatic heterocycles. The smallest absolute Gasteiger partial charge is 0.324 e. The average molecular weight is 335 g/mol. The molecular weight excluding hydrogens is 322 g/mol. The number of hydrogen-bond donors (Lipinski definition) is 1. The van der Waals surface area contributed by atoms with E-state index in [9.17, 15) is 10.1 Å². The highest BCUT2D eigenvalue weighted by molar-refractivity contribution is 7.99. The summed E-state index contributed by atoms with van der Waals surface area (Å²) in [4.78, 5) is 10.8. The van der Waals surface area contributed by atoms with Crippen LogP contribution in [0.4, 0.5) is 5.69 Å². The average Bonchev–Trinajstić information content (AvgIpc) is 3.11. The molecule has 0 saturated heterocycles. The maximum Gasteiger partial charge on any atom is 0.324 e. The summed E-state index contributed by atoms with van der Waals surface area (Å²) >= 11 is 1.03. The molecule has 0 saturated carbocycles. The Balaban J connectivity index is 2.02. The lowest BCUT2D eigenvalue weighted by molar-refractivity contribution is -0.388. The Kier molecular flexibility index (Phi) is 3.56. The Bertz CT molecular complexity index is 895. The molecular formula is C12H13N7O3S. The SMILES string of the molecule is Cc1nn(C)c(Sc2nnc(-c3ccoc3C)n2N)c1[N+](=O)[O-]. The Morgan fingerprint density at radius 2 is 2.13 bits per heavy atom. The molecule has 0 aliphatic carbocycles. The molecule has 0 aliphatic rings. The Hall–Kier alpha value is -2.82. The van der Waals surface area contributed by atoms with Gasteiger partial charge < -0.3 is 10.3 Å². The van der Waals surface area contributed by atoms with E-state index in [1.807, 2.05) is 0 Å². The highest BCUT2D eigenvalue weighted by atomic mass is 32.2. The molecule has 3 aromatic heterocycles. The van der Waals surface area contributed by atoms with Gasteiger partial charge in [0.15, 0.2) is 10.9 Å². The summed E-state index contributed by atoms with van der Waals surface area (Å²) in [6.45, 7) is 3.36. The zero-order valence-electron chi connectivity index (χ0n) is 12.5. The van der Waals surface area contributed by atoms with E-state index in [4.69, 9.17) is 10.3 Å². The number of nitrogens with zero attached hydrogens (tertiary/aromatic N) is 6. The van der Waals surface area contributed by atoms with Crippen molar-refractivity contribution in [3.8, 4) is 11.4 Å². The van der Waals surface area contributed by atoms with Crippen LogP contribution in [0.15, 0.2) is 26.9 Å². The third kappa shape index (κ3) is 2.44. The molecule has 23 heavy (non-hydrogen) atoms. The lowest BCUT2D eigenvalue weighted by atomic mass is 10.2. The van der Waals surface area contributed by atoms with Crippen LogP contribution in [-0.2, 0) is 7.05 Å². The number of nitrogen functional groups attached to an aromatic ring is 1. The number of aromatic nitrogens is 5. The van der Waals surface area contributed by atoms with Crippen molar-refractivity contribution in [2.45, 2.75) is 24.0 Å². The van der Waals surface area contributed by atoms with E-state index in [0.717, 1.165) is 11.8 Å². The van der Waals surface area contributed by atoms with Crippen molar-refractivity contribution in [3.05, 3.63) is 33.9 Å². The van der Waals surface area contributed by atoms with Crippen LogP contribution < -0.4 is 5.84 Å². The van der Waals surface area contributed by atoms with E-state index in [-0.39, 0.29) is 5.69 Å². The summed E-state index contributed by atoms with van der Waals surface area (Å²) in [6, 6.07) is 1.73. The fourth-order valence-corrected chi connectivity index (χ4v) is 3.12. The number of hydrogen-bond acceptors (Lipinski definition) is 8. The van der Waals surface area contributed by atoms with Crippen LogP contribution in [0.5, 0.6) is 0 Å². The van der Waals surface area contributed by atoms with Crippen LogP contribution in [0.1, 0.15) is 11.5 Å². The molecule has 0 bridgehead atoms. The summed E-state index contributed by atoms with van der Waals surface area (Å²) in [5, 5.41) is 24.0. The molecule has 3 aromatic rings. The van der Waals surface area contributed by atoms with Gasteiger partial charge in [0.2, 0.25) is 5.16 Å². The topological polar surface area (TPSA) is 131 Å². The van der Waals surface area contributed by atoms with E-state index >= 15 is 0 Å². The first-order valence-corrected chi connectivity index (χ1v) is 7.32. The molecule has 0 spiro atoms. The Labute approximate surface area is 134 Å². The van der Waals surface area contributed by atoms with E-state index in [2.05, 4.69) is 15.3 Å². The molecule has 0 atom stereocenters. The third-order valence-corrected chi connectivity index (χ3v) is 4.39. The molecule has 0 amide bonds. The summed E-state index contributed by atoms with van der Waals surface area (Å²) < 4.78 is 7.93. The summed E-state index contributed by atoms with van der Waals surface area (Å²) in [6.07, 6.45) is 1.53. The molecule has 120 valence electrons. The predicted octanol–water partition coefficient (Wildman–Crippen LogP) is 1.66. The van der Waals surface area contributed by atoms with Gasteiger partial charge in [-0.1, -0.05) is 0 Å². The number of rotatable bonds is 4. The first kappa shape index (κ1) is 15.1. The standard InChI is InChI=1S/C12H13N7O3S/c1-6-9(19(20)21)11(17(3)16-6)23-12-15-14-10(18(12)13)8-4-5-22-7(8)2/h4-5H,13H2,1-3H3. The maximum absolute atomic E-state index is 11.2. The van der Waals surface area contributed by atoms with Gasteiger partial charge in [-0.05, 0) is 31.7 Å². The van der Waals surface area contributed by atoms with Gasteiger partial charge in [0.1, 0.15) is 11.5 Å². The maximum atomic E-state index is 11.2. The number of nitrogens with two attached hydrogens (primary N) is 1. The molecule has 11 heteroatoms. The fourth-order valence-electron chi connectivity index (χ4n) is 2.18. The molecule has 3 heterocycles. The highest BCUT2D eigenvalue weighted by Gasteiger charge is 2.27. The van der Waals surface area contributed by atoms with Crippen LogP contribution in [-0.4, -0.2) is 29.6 Å². The highest BCUT2D eigenvalue weighted by Crippen LogP contribution is 2.36. The lowest BCUT2D eigenvalue weighted by Gasteiger charge is -2.03. The number of furan rings is 1. The number of aryl methyl sites for hydroxylation is 3. The van der Waals surface area contributed by atoms with E-state index in [0.29, 0.717) is 33.0 Å². The van der Waals surface area contributed by atoms with Gasteiger partial charge in [-0.25, -0.2) is 4.68 Å². The first-order chi connectivity index (χ1) is 10.9. The van der Waals surface area contributed by atoms with E-state index in [1.54, 1.807) is 27.0 Å². The van der Waals surface area contributed by atoms with Gasteiger partial charge in [-0.3, -0.25) is 14.8 Å².